The van der Waals surface area contributed by atoms with Crippen molar-refractivity contribution >= 4 is 17.4 Å². The van der Waals surface area contributed by atoms with Crippen molar-refractivity contribution in [1.29, 1.82) is 0 Å². The highest BCUT2D eigenvalue weighted by atomic mass is 19.1. The Morgan fingerprint density at radius 2 is 1.72 bits per heavy atom. The molecule has 0 atom stereocenters. The first-order valence-corrected chi connectivity index (χ1v) is 8.03. The topological polar surface area (TPSA) is 54.0 Å². The van der Waals surface area contributed by atoms with Gasteiger partial charge in [0.25, 0.3) is 5.91 Å². The number of hydrogen-bond donors (Lipinski definition) is 2. The number of benzene rings is 2. The lowest BCUT2D eigenvalue weighted by Crippen LogP contribution is -2.17. The molecule has 0 aliphatic carbocycles. The number of amides is 1. The molecule has 5 heteroatoms. The van der Waals surface area contributed by atoms with Gasteiger partial charge < -0.3 is 10.6 Å². The van der Waals surface area contributed by atoms with E-state index in [1.54, 1.807) is 30.5 Å². The highest BCUT2D eigenvalue weighted by molar-refractivity contribution is 6.07. The van der Waals surface area contributed by atoms with Crippen molar-refractivity contribution in [1.82, 2.24) is 4.98 Å². The molecule has 0 bridgehead atoms. The van der Waals surface area contributed by atoms with E-state index in [2.05, 4.69) is 15.6 Å². The minimum absolute atomic E-state index is 0.145. The summed E-state index contributed by atoms with van der Waals surface area (Å²) in [6.07, 6.45) is 2.43. The van der Waals surface area contributed by atoms with Crippen LogP contribution in [0, 0.1) is 5.82 Å². The first kappa shape index (κ1) is 16.6. The average Bonchev–Trinajstić information content (AvgIpc) is 2.65. The number of carbonyl (C=O) groups is 1. The molecular weight excluding hydrogens is 317 g/mol. The van der Waals surface area contributed by atoms with Gasteiger partial charge in [-0.1, -0.05) is 42.5 Å². The van der Waals surface area contributed by atoms with Crippen LogP contribution in [0.4, 0.5) is 15.9 Å². The van der Waals surface area contributed by atoms with Gasteiger partial charge in [0.1, 0.15) is 11.6 Å². The van der Waals surface area contributed by atoms with Gasteiger partial charge in [0.2, 0.25) is 0 Å². The second-order valence-corrected chi connectivity index (χ2v) is 5.50. The Morgan fingerprint density at radius 1 is 0.960 bits per heavy atom. The smallest absolute Gasteiger partial charge is 0.259 e. The van der Waals surface area contributed by atoms with Gasteiger partial charge in [0.05, 0.1) is 11.3 Å². The van der Waals surface area contributed by atoms with Crippen molar-refractivity contribution in [2.75, 3.05) is 17.2 Å². The van der Waals surface area contributed by atoms with Crippen molar-refractivity contribution < 1.29 is 9.18 Å². The fraction of sp³-hybridized carbons (Fsp3) is 0.100. The molecule has 0 fully saturated rings. The van der Waals surface area contributed by atoms with Gasteiger partial charge in [-0.2, -0.15) is 0 Å². The van der Waals surface area contributed by atoms with E-state index in [0.717, 1.165) is 6.42 Å². The van der Waals surface area contributed by atoms with Crippen molar-refractivity contribution in [3.05, 3.63) is 89.9 Å². The summed E-state index contributed by atoms with van der Waals surface area (Å²) >= 11 is 0. The SMILES string of the molecule is O=C(Nc1ccccc1F)c1cccnc1NCCc1ccccc1. The third-order valence-electron chi connectivity index (χ3n) is 3.72. The quantitative estimate of drug-likeness (QED) is 0.712. The predicted molar refractivity (Wildman–Crippen MR) is 97.2 cm³/mol. The van der Waals surface area contributed by atoms with E-state index in [4.69, 9.17) is 0 Å². The van der Waals surface area contributed by atoms with Crippen LogP contribution in [-0.4, -0.2) is 17.4 Å². The number of aromatic nitrogens is 1. The van der Waals surface area contributed by atoms with Crippen LogP contribution in [-0.2, 0) is 6.42 Å². The molecule has 2 aromatic carbocycles. The molecule has 0 spiro atoms. The van der Waals surface area contributed by atoms with Gasteiger partial charge in [-0.25, -0.2) is 9.37 Å². The summed E-state index contributed by atoms with van der Waals surface area (Å²) in [4.78, 5) is 16.7. The molecule has 0 aliphatic rings. The molecule has 1 aromatic heterocycles. The molecule has 25 heavy (non-hydrogen) atoms. The first-order chi connectivity index (χ1) is 12.2. The van der Waals surface area contributed by atoms with Crippen LogP contribution < -0.4 is 10.6 Å². The van der Waals surface area contributed by atoms with E-state index in [1.165, 1.54) is 17.7 Å². The minimum atomic E-state index is -0.474. The Kier molecular flexibility index (Phi) is 5.36. The Bertz CT molecular complexity index is 852. The molecular formula is C20H18FN3O. The number of halogens is 1. The molecule has 1 heterocycles. The molecule has 0 aliphatic heterocycles. The fourth-order valence-electron chi connectivity index (χ4n) is 2.45. The van der Waals surface area contributed by atoms with Crippen LogP contribution in [0.25, 0.3) is 0 Å². The summed E-state index contributed by atoms with van der Waals surface area (Å²) in [5, 5.41) is 5.76. The first-order valence-electron chi connectivity index (χ1n) is 8.03. The number of nitrogens with one attached hydrogen (secondary N) is 2. The summed E-state index contributed by atoms with van der Waals surface area (Å²) in [5.41, 5.74) is 1.72. The zero-order chi connectivity index (χ0) is 17.5. The molecule has 4 nitrogen and oxygen atoms in total. The lowest BCUT2D eigenvalue weighted by Gasteiger charge is -2.11. The van der Waals surface area contributed by atoms with E-state index in [0.29, 0.717) is 17.9 Å². The fourth-order valence-corrected chi connectivity index (χ4v) is 2.45. The highest BCUT2D eigenvalue weighted by Gasteiger charge is 2.13. The van der Waals surface area contributed by atoms with Gasteiger partial charge in [0, 0.05) is 12.7 Å². The number of rotatable bonds is 6. The molecule has 126 valence electrons. The van der Waals surface area contributed by atoms with E-state index >= 15 is 0 Å². The maximum absolute atomic E-state index is 13.7. The minimum Gasteiger partial charge on any atom is -0.369 e. The molecule has 0 saturated carbocycles. The average molecular weight is 335 g/mol. The zero-order valence-electron chi connectivity index (χ0n) is 13.6. The summed E-state index contributed by atoms with van der Waals surface area (Å²) in [6, 6.07) is 19.5. The number of carbonyl (C=O) groups excluding carboxylic acids is 1. The van der Waals surface area contributed by atoms with Gasteiger partial charge >= 0.3 is 0 Å². The largest absolute Gasteiger partial charge is 0.369 e. The van der Waals surface area contributed by atoms with Crippen molar-refractivity contribution in [2.24, 2.45) is 0 Å². The highest BCUT2D eigenvalue weighted by Crippen LogP contribution is 2.17. The predicted octanol–water partition coefficient (Wildman–Crippen LogP) is 4.13. The molecule has 2 N–H and O–H groups in total. The van der Waals surface area contributed by atoms with E-state index in [-0.39, 0.29) is 5.69 Å². The zero-order valence-corrected chi connectivity index (χ0v) is 13.6. The second kappa shape index (κ2) is 8.06. The lowest BCUT2D eigenvalue weighted by molar-refractivity contribution is 0.102. The van der Waals surface area contributed by atoms with Crippen LogP contribution in [0.2, 0.25) is 0 Å². The second-order valence-electron chi connectivity index (χ2n) is 5.50. The summed E-state index contributed by atoms with van der Waals surface area (Å²) < 4.78 is 13.7. The normalized spacial score (nSPS) is 10.3. The summed E-state index contributed by atoms with van der Waals surface area (Å²) in [6.45, 7) is 0.640. The van der Waals surface area contributed by atoms with Gasteiger partial charge in [-0.15, -0.1) is 0 Å². The number of pyridine rings is 1. The standard InChI is InChI=1S/C20H18FN3O/c21-17-10-4-5-11-18(17)24-20(25)16-9-6-13-22-19(16)23-14-12-15-7-2-1-3-8-15/h1-11,13H,12,14H2,(H,22,23)(H,24,25). The van der Waals surface area contributed by atoms with Crippen LogP contribution in [0.15, 0.2) is 72.9 Å². The Hall–Kier alpha value is -3.21. The Labute approximate surface area is 145 Å². The maximum atomic E-state index is 13.7. The van der Waals surface area contributed by atoms with E-state index in [9.17, 15) is 9.18 Å². The molecule has 3 rings (SSSR count). The molecule has 0 saturated heterocycles. The number of hydrogen-bond acceptors (Lipinski definition) is 3. The van der Waals surface area contributed by atoms with Crippen LogP contribution in [0.1, 0.15) is 15.9 Å². The van der Waals surface area contributed by atoms with E-state index < -0.39 is 11.7 Å². The maximum Gasteiger partial charge on any atom is 0.259 e. The molecule has 1 amide bonds. The van der Waals surface area contributed by atoms with Gasteiger partial charge in [0.15, 0.2) is 0 Å². The third-order valence-corrected chi connectivity index (χ3v) is 3.72. The molecule has 0 radical (unpaired) electrons. The lowest BCUT2D eigenvalue weighted by atomic mass is 10.1. The number of anilines is 2. The van der Waals surface area contributed by atoms with Crippen molar-refractivity contribution in [2.45, 2.75) is 6.42 Å². The Balaban J connectivity index is 1.68. The van der Waals surface area contributed by atoms with Gasteiger partial charge in [-0.05, 0) is 36.2 Å². The Morgan fingerprint density at radius 3 is 2.52 bits per heavy atom. The number of nitrogens with zero attached hydrogens (tertiary/aromatic N) is 1. The molecule has 3 aromatic rings. The number of para-hydroxylation sites is 1. The van der Waals surface area contributed by atoms with Crippen LogP contribution in [0.5, 0.6) is 0 Å². The van der Waals surface area contributed by atoms with Crippen LogP contribution >= 0.6 is 0 Å². The summed E-state index contributed by atoms with van der Waals surface area (Å²) in [7, 11) is 0. The third kappa shape index (κ3) is 4.41. The van der Waals surface area contributed by atoms with E-state index in [1.807, 2.05) is 30.3 Å². The van der Waals surface area contributed by atoms with Crippen molar-refractivity contribution in [3.8, 4) is 0 Å². The molecule has 0 unspecified atom stereocenters. The van der Waals surface area contributed by atoms with Crippen molar-refractivity contribution in [3.63, 3.8) is 0 Å². The summed E-state index contributed by atoms with van der Waals surface area (Å²) in [5.74, 6) is -0.397. The monoisotopic (exact) mass is 335 g/mol. The van der Waals surface area contributed by atoms with Gasteiger partial charge in [-0.3, -0.25) is 4.79 Å². The van der Waals surface area contributed by atoms with Crippen LogP contribution in [0.3, 0.4) is 0 Å².